The van der Waals surface area contributed by atoms with Crippen LogP contribution in [0.3, 0.4) is 0 Å². The van der Waals surface area contributed by atoms with Gasteiger partial charge in [-0.3, -0.25) is 4.90 Å². The van der Waals surface area contributed by atoms with Gasteiger partial charge < -0.3 is 10.1 Å². The summed E-state index contributed by atoms with van der Waals surface area (Å²) < 4.78 is 5.97. The monoisotopic (exact) mass is 240 g/mol. The molecule has 1 N–H and O–H groups in total. The first-order valence-electron chi connectivity index (χ1n) is 7.39. The normalized spacial score (nSPS) is 34.4. The van der Waals surface area contributed by atoms with Crippen LogP contribution < -0.4 is 5.32 Å². The third-order valence-electron chi connectivity index (χ3n) is 4.06. The summed E-state index contributed by atoms with van der Waals surface area (Å²) in [7, 11) is 0. The van der Waals surface area contributed by atoms with Gasteiger partial charge in [0.25, 0.3) is 0 Å². The van der Waals surface area contributed by atoms with Crippen LogP contribution in [0, 0.1) is 0 Å². The number of rotatable bonds is 5. The molecule has 3 heteroatoms. The molecule has 2 saturated heterocycles. The predicted molar refractivity (Wildman–Crippen MR) is 71.3 cm³/mol. The van der Waals surface area contributed by atoms with Gasteiger partial charge in [0.15, 0.2) is 0 Å². The fourth-order valence-electron chi connectivity index (χ4n) is 3.14. The van der Waals surface area contributed by atoms with Crippen LogP contribution in [0.2, 0.25) is 0 Å². The molecule has 2 fully saturated rings. The van der Waals surface area contributed by atoms with Crippen molar-refractivity contribution in [1.82, 2.24) is 10.2 Å². The highest BCUT2D eigenvalue weighted by Crippen LogP contribution is 2.21. The molecule has 0 aliphatic carbocycles. The molecule has 0 amide bonds. The van der Waals surface area contributed by atoms with Crippen LogP contribution in [0.5, 0.6) is 0 Å². The van der Waals surface area contributed by atoms with Crippen LogP contribution >= 0.6 is 0 Å². The minimum Gasteiger partial charge on any atom is -0.374 e. The molecule has 100 valence electrons. The van der Waals surface area contributed by atoms with Gasteiger partial charge in [0.1, 0.15) is 0 Å². The minimum atomic E-state index is 0.480. The quantitative estimate of drug-likeness (QED) is 0.795. The summed E-state index contributed by atoms with van der Waals surface area (Å²) in [6.07, 6.45) is 7.39. The van der Waals surface area contributed by atoms with E-state index >= 15 is 0 Å². The Bertz CT molecular complexity index is 216. The van der Waals surface area contributed by atoms with E-state index in [1.54, 1.807) is 0 Å². The topological polar surface area (TPSA) is 24.5 Å². The van der Waals surface area contributed by atoms with Gasteiger partial charge in [-0.05, 0) is 52.1 Å². The van der Waals surface area contributed by atoms with E-state index in [1.165, 1.54) is 51.7 Å². The molecular weight excluding hydrogens is 212 g/mol. The molecule has 17 heavy (non-hydrogen) atoms. The van der Waals surface area contributed by atoms with E-state index in [1.807, 2.05) is 0 Å². The Morgan fingerprint density at radius 1 is 1.29 bits per heavy atom. The summed E-state index contributed by atoms with van der Waals surface area (Å²) in [4.78, 5) is 2.66. The zero-order valence-corrected chi connectivity index (χ0v) is 11.5. The maximum atomic E-state index is 5.97. The van der Waals surface area contributed by atoms with Crippen molar-refractivity contribution in [1.29, 1.82) is 0 Å². The molecule has 2 aliphatic rings. The molecule has 3 atom stereocenters. The second-order valence-electron chi connectivity index (χ2n) is 5.64. The molecule has 3 unspecified atom stereocenters. The van der Waals surface area contributed by atoms with Crippen LogP contribution in [0.4, 0.5) is 0 Å². The van der Waals surface area contributed by atoms with E-state index in [4.69, 9.17) is 4.74 Å². The van der Waals surface area contributed by atoms with Gasteiger partial charge in [-0.1, -0.05) is 6.92 Å². The molecule has 0 spiro atoms. The van der Waals surface area contributed by atoms with E-state index in [0.717, 1.165) is 12.6 Å². The molecule has 2 heterocycles. The van der Waals surface area contributed by atoms with Crippen LogP contribution in [0.25, 0.3) is 0 Å². The smallest absolute Gasteiger partial charge is 0.0706 e. The molecule has 3 nitrogen and oxygen atoms in total. The van der Waals surface area contributed by atoms with Crippen molar-refractivity contribution in [2.45, 2.75) is 64.2 Å². The molecule has 0 saturated carbocycles. The molecule has 0 aromatic carbocycles. The lowest BCUT2D eigenvalue weighted by atomic mass is 10.0. The van der Waals surface area contributed by atoms with Gasteiger partial charge in [0, 0.05) is 19.1 Å². The van der Waals surface area contributed by atoms with Gasteiger partial charge in [-0.15, -0.1) is 0 Å². The standard InChI is InChI=1S/C14H28N2O/c1-3-9-16(13-5-4-8-15-10-13)11-14-7-6-12(2)17-14/h12-15H,3-11H2,1-2H3. The number of nitrogens with one attached hydrogen (secondary N) is 1. The summed E-state index contributed by atoms with van der Waals surface area (Å²) in [5.74, 6) is 0. The fraction of sp³-hybridized carbons (Fsp3) is 1.00. The van der Waals surface area contributed by atoms with Crippen molar-refractivity contribution in [2.24, 2.45) is 0 Å². The van der Waals surface area contributed by atoms with Gasteiger partial charge in [0.05, 0.1) is 12.2 Å². The maximum absolute atomic E-state index is 5.97. The number of hydrogen-bond donors (Lipinski definition) is 1. The summed E-state index contributed by atoms with van der Waals surface area (Å²) >= 11 is 0. The van der Waals surface area contributed by atoms with Gasteiger partial charge in [-0.2, -0.15) is 0 Å². The number of hydrogen-bond acceptors (Lipinski definition) is 3. The highest BCUT2D eigenvalue weighted by atomic mass is 16.5. The molecular formula is C14H28N2O. The molecule has 0 bridgehead atoms. The minimum absolute atomic E-state index is 0.480. The van der Waals surface area contributed by atoms with Crippen LogP contribution in [-0.4, -0.2) is 49.3 Å². The molecule has 0 aromatic rings. The van der Waals surface area contributed by atoms with Gasteiger partial charge >= 0.3 is 0 Å². The lowest BCUT2D eigenvalue weighted by molar-refractivity contribution is 0.0182. The second-order valence-corrected chi connectivity index (χ2v) is 5.64. The van der Waals surface area contributed by atoms with Crippen LogP contribution in [0.1, 0.15) is 46.0 Å². The highest BCUT2D eigenvalue weighted by molar-refractivity contribution is 4.82. The van der Waals surface area contributed by atoms with Crippen molar-refractivity contribution in [2.75, 3.05) is 26.2 Å². The Morgan fingerprint density at radius 3 is 2.76 bits per heavy atom. The van der Waals surface area contributed by atoms with Crippen molar-refractivity contribution in [3.05, 3.63) is 0 Å². The van der Waals surface area contributed by atoms with E-state index in [9.17, 15) is 0 Å². The van der Waals surface area contributed by atoms with E-state index < -0.39 is 0 Å². The van der Waals surface area contributed by atoms with E-state index in [-0.39, 0.29) is 0 Å². The maximum Gasteiger partial charge on any atom is 0.0706 e. The SMILES string of the molecule is CCCN(CC1CCC(C)O1)C1CCCNC1. The molecule has 0 aromatic heterocycles. The van der Waals surface area contributed by atoms with Crippen molar-refractivity contribution < 1.29 is 4.74 Å². The van der Waals surface area contributed by atoms with E-state index in [0.29, 0.717) is 12.2 Å². The number of nitrogens with zero attached hydrogens (tertiary/aromatic N) is 1. The van der Waals surface area contributed by atoms with Crippen LogP contribution in [-0.2, 0) is 4.74 Å². The van der Waals surface area contributed by atoms with E-state index in [2.05, 4.69) is 24.1 Å². The zero-order valence-electron chi connectivity index (χ0n) is 11.5. The number of piperidine rings is 1. The molecule has 2 rings (SSSR count). The lowest BCUT2D eigenvalue weighted by Gasteiger charge is -2.36. The third-order valence-corrected chi connectivity index (χ3v) is 4.06. The second kappa shape index (κ2) is 6.72. The first-order valence-corrected chi connectivity index (χ1v) is 7.39. The largest absolute Gasteiger partial charge is 0.374 e. The molecule has 0 radical (unpaired) electrons. The number of ether oxygens (including phenoxy) is 1. The summed E-state index contributed by atoms with van der Waals surface area (Å²) in [5.41, 5.74) is 0. The van der Waals surface area contributed by atoms with Gasteiger partial charge in [-0.25, -0.2) is 0 Å². The highest BCUT2D eigenvalue weighted by Gasteiger charge is 2.27. The fourth-order valence-corrected chi connectivity index (χ4v) is 3.14. The first kappa shape index (κ1) is 13.3. The average Bonchev–Trinajstić information content (AvgIpc) is 2.75. The average molecular weight is 240 g/mol. The van der Waals surface area contributed by atoms with Gasteiger partial charge in [0.2, 0.25) is 0 Å². The Kier molecular flexibility index (Phi) is 5.26. The Morgan fingerprint density at radius 2 is 2.18 bits per heavy atom. The lowest BCUT2D eigenvalue weighted by Crippen LogP contribution is -2.48. The Hall–Kier alpha value is -0.120. The summed E-state index contributed by atoms with van der Waals surface area (Å²) in [5, 5.41) is 3.52. The summed E-state index contributed by atoms with van der Waals surface area (Å²) in [6, 6.07) is 0.739. The van der Waals surface area contributed by atoms with Crippen molar-refractivity contribution in [3.63, 3.8) is 0 Å². The third kappa shape index (κ3) is 3.94. The zero-order chi connectivity index (χ0) is 12.1. The van der Waals surface area contributed by atoms with Crippen molar-refractivity contribution >= 4 is 0 Å². The Labute approximate surface area is 106 Å². The van der Waals surface area contributed by atoms with Crippen molar-refractivity contribution in [3.8, 4) is 0 Å². The summed E-state index contributed by atoms with van der Waals surface area (Å²) in [6.45, 7) is 9.22. The van der Waals surface area contributed by atoms with Crippen LogP contribution in [0.15, 0.2) is 0 Å². The first-order chi connectivity index (χ1) is 8.29. The Balaban J connectivity index is 1.82. The molecule has 2 aliphatic heterocycles. The predicted octanol–water partition coefficient (Wildman–Crippen LogP) is 2.02.